The fourth-order valence-electron chi connectivity index (χ4n) is 2.04. The minimum absolute atomic E-state index is 0.654. The zero-order valence-corrected chi connectivity index (χ0v) is 10.4. The lowest BCUT2D eigenvalue weighted by atomic mass is 9.89. The van der Waals surface area contributed by atoms with Gasteiger partial charge in [-0.15, -0.1) is 0 Å². The van der Waals surface area contributed by atoms with Crippen LogP contribution >= 0.6 is 0 Å². The van der Waals surface area contributed by atoms with E-state index >= 15 is 0 Å². The average Bonchev–Trinajstić information content (AvgIpc) is 2.21. The molecule has 1 heterocycles. The summed E-state index contributed by atoms with van der Waals surface area (Å²) < 4.78 is 20.6. The number of carbonyl (C=O) groups is 1. The Labute approximate surface area is 99.8 Å². The first kappa shape index (κ1) is 14.2. The van der Waals surface area contributed by atoms with E-state index in [1.165, 1.54) is 14.2 Å². The molecule has 1 saturated heterocycles. The molecule has 0 aromatic carbocycles. The van der Waals surface area contributed by atoms with E-state index < -0.39 is 36.3 Å². The molecule has 0 spiro atoms. The van der Waals surface area contributed by atoms with Gasteiger partial charge in [-0.25, -0.2) is 4.79 Å². The average molecular weight is 249 g/mol. The Morgan fingerprint density at radius 3 is 2.35 bits per heavy atom. The summed E-state index contributed by atoms with van der Waals surface area (Å²) in [4.78, 5) is 10.8. The molecule has 0 radical (unpaired) electrons. The Bertz CT molecular complexity index is 282. The van der Waals surface area contributed by atoms with Gasteiger partial charge in [0.05, 0.1) is 5.60 Å². The molecule has 0 aliphatic carbocycles. The van der Waals surface area contributed by atoms with Crippen molar-refractivity contribution < 1.29 is 28.8 Å². The molecule has 4 atom stereocenters. The van der Waals surface area contributed by atoms with Crippen LogP contribution in [-0.4, -0.2) is 55.6 Å². The second kappa shape index (κ2) is 5.18. The van der Waals surface area contributed by atoms with E-state index in [2.05, 4.69) is 0 Å². The summed E-state index contributed by atoms with van der Waals surface area (Å²) in [6, 6.07) is 0. The maximum atomic E-state index is 10.8. The van der Waals surface area contributed by atoms with Gasteiger partial charge >= 0.3 is 6.09 Å². The molecule has 1 aliphatic heterocycles. The Morgan fingerprint density at radius 2 is 1.94 bits per heavy atom. The number of amides is 1. The standard InChI is InChI=1S/C10H19NO6/c1-10(2)7(14-3)5(12)6(16-9(11)13)8(15-4)17-10/h5-8,12H,1-4H3,(H2,11,13). The van der Waals surface area contributed by atoms with Crippen LogP contribution in [0.2, 0.25) is 0 Å². The monoisotopic (exact) mass is 249 g/mol. The second-order valence-electron chi connectivity index (χ2n) is 4.37. The predicted octanol–water partition coefficient (Wildman–Crippen LogP) is -0.392. The number of rotatable bonds is 3. The molecule has 1 rings (SSSR count). The fraction of sp³-hybridized carbons (Fsp3) is 0.900. The van der Waals surface area contributed by atoms with Crippen LogP contribution in [-0.2, 0) is 18.9 Å². The van der Waals surface area contributed by atoms with E-state index in [0.29, 0.717) is 0 Å². The molecule has 0 saturated carbocycles. The highest BCUT2D eigenvalue weighted by Gasteiger charge is 2.51. The van der Waals surface area contributed by atoms with Gasteiger partial charge in [0, 0.05) is 14.2 Å². The Morgan fingerprint density at radius 1 is 1.35 bits per heavy atom. The minimum atomic E-state index is -1.08. The van der Waals surface area contributed by atoms with Crippen LogP contribution in [0.3, 0.4) is 0 Å². The highest BCUT2D eigenvalue weighted by atomic mass is 16.7. The third kappa shape index (κ3) is 2.86. The SMILES string of the molecule is COC1OC(C)(C)C(OC)C(O)C1OC(N)=O. The van der Waals surface area contributed by atoms with Crippen LogP contribution in [0.5, 0.6) is 0 Å². The highest BCUT2D eigenvalue weighted by molar-refractivity contribution is 5.64. The van der Waals surface area contributed by atoms with Crippen molar-refractivity contribution in [2.24, 2.45) is 5.73 Å². The fourth-order valence-corrected chi connectivity index (χ4v) is 2.04. The highest BCUT2D eigenvalue weighted by Crippen LogP contribution is 2.32. The molecule has 1 aliphatic rings. The zero-order valence-electron chi connectivity index (χ0n) is 10.4. The maximum Gasteiger partial charge on any atom is 0.405 e. The lowest BCUT2D eigenvalue weighted by molar-refractivity contribution is -0.319. The third-order valence-electron chi connectivity index (χ3n) is 2.76. The first-order valence-electron chi connectivity index (χ1n) is 5.21. The molecular weight excluding hydrogens is 230 g/mol. The first-order chi connectivity index (χ1) is 7.83. The number of primary amides is 1. The van der Waals surface area contributed by atoms with Crippen LogP contribution in [0.1, 0.15) is 13.8 Å². The third-order valence-corrected chi connectivity index (χ3v) is 2.76. The van der Waals surface area contributed by atoms with Crippen molar-refractivity contribution in [3.63, 3.8) is 0 Å². The summed E-state index contributed by atoms with van der Waals surface area (Å²) in [6.45, 7) is 3.49. The van der Waals surface area contributed by atoms with Crippen LogP contribution in [0.4, 0.5) is 4.79 Å². The number of aliphatic hydroxyl groups is 1. The number of ether oxygens (including phenoxy) is 4. The van der Waals surface area contributed by atoms with Gasteiger partial charge in [-0.2, -0.15) is 0 Å². The molecule has 1 fully saturated rings. The van der Waals surface area contributed by atoms with Gasteiger partial charge in [-0.05, 0) is 13.8 Å². The van der Waals surface area contributed by atoms with Gasteiger partial charge in [-0.3, -0.25) is 0 Å². The lowest BCUT2D eigenvalue weighted by Crippen LogP contribution is -2.64. The van der Waals surface area contributed by atoms with Crippen molar-refractivity contribution in [2.75, 3.05) is 14.2 Å². The topological polar surface area (TPSA) is 100 Å². The normalized spacial score (nSPS) is 36.5. The van der Waals surface area contributed by atoms with Crippen molar-refractivity contribution in [3.8, 4) is 0 Å². The van der Waals surface area contributed by atoms with Gasteiger partial charge in [0.1, 0.15) is 12.2 Å². The van der Waals surface area contributed by atoms with Crippen LogP contribution in [0, 0.1) is 0 Å². The van der Waals surface area contributed by atoms with Crippen LogP contribution in [0.25, 0.3) is 0 Å². The van der Waals surface area contributed by atoms with Crippen LogP contribution in [0.15, 0.2) is 0 Å². The number of methoxy groups -OCH3 is 2. The maximum absolute atomic E-state index is 10.8. The zero-order chi connectivity index (χ0) is 13.2. The number of nitrogens with two attached hydrogens (primary N) is 1. The van der Waals surface area contributed by atoms with E-state index in [9.17, 15) is 9.90 Å². The van der Waals surface area contributed by atoms with Gasteiger partial charge < -0.3 is 29.8 Å². The van der Waals surface area contributed by atoms with Crippen molar-refractivity contribution in [1.82, 2.24) is 0 Å². The van der Waals surface area contributed by atoms with Crippen LogP contribution < -0.4 is 5.73 Å². The molecule has 0 aromatic heterocycles. The number of carbonyl (C=O) groups excluding carboxylic acids is 1. The Hall–Kier alpha value is -0.890. The Kier molecular flexibility index (Phi) is 4.31. The quantitative estimate of drug-likeness (QED) is 0.706. The van der Waals surface area contributed by atoms with E-state index in [1.807, 2.05) is 0 Å². The molecule has 7 heteroatoms. The summed E-state index contributed by atoms with van der Waals surface area (Å²) in [5.74, 6) is 0. The summed E-state index contributed by atoms with van der Waals surface area (Å²) >= 11 is 0. The van der Waals surface area contributed by atoms with Gasteiger partial charge in [0.2, 0.25) is 0 Å². The lowest BCUT2D eigenvalue weighted by Gasteiger charge is -2.47. The molecule has 0 aromatic rings. The molecule has 0 bridgehead atoms. The summed E-state index contributed by atoms with van der Waals surface area (Å²) in [5, 5.41) is 10.1. The van der Waals surface area contributed by atoms with E-state index in [1.54, 1.807) is 13.8 Å². The Balaban J connectivity index is 2.92. The number of aliphatic hydroxyl groups excluding tert-OH is 1. The summed E-state index contributed by atoms with van der Waals surface area (Å²) in [7, 11) is 2.82. The summed E-state index contributed by atoms with van der Waals surface area (Å²) in [5.41, 5.74) is 4.16. The smallest absolute Gasteiger partial charge is 0.405 e. The number of hydrogen-bond donors (Lipinski definition) is 2. The van der Waals surface area contributed by atoms with Crippen molar-refractivity contribution >= 4 is 6.09 Å². The van der Waals surface area contributed by atoms with Gasteiger partial charge in [0.25, 0.3) is 0 Å². The molecular formula is C10H19NO6. The van der Waals surface area contributed by atoms with Crippen molar-refractivity contribution in [2.45, 2.75) is 44.1 Å². The number of hydrogen-bond acceptors (Lipinski definition) is 6. The predicted molar refractivity (Wildman–Crippen MR) is 57.2 cm³/mol. The van der Waals surface area contributed by atoms with E-state index in [0.717, 1.165) is 0 Å². The first-order valence-corrected chi connectivity index (χ1v) is 5.21. The molecule has 1 amide bonds. The minimum Gasteiger partial charge on any atom is -0.438 e. The van der Waals surface area contributed by atoms with Crippen molar-refractivity contribution in [3.05, 3.63) is 0 Å². The molecule has 3 N–H and O–H groups in total. The van der Waals surface area contributed by atoms with E-state index in [-0.39, 0.29) is 0 Å². The van der Waals surface area contributed by atoms with Crippen molar-refractivity contribution in [1.29, 1.82) is 0 Å². The summed E-state index contributed by atoms with van der Waals surface area (Å²) in [6.07, 6.45) is -4.65. The van der Waals surface area contributed by atoms with E-state index in [4.69, 9.17) is 24.7 Å². The van der Waals surface area contributed by atoms with Gasteiger partial charge in [-0.1, -0.05) is 0 Å². The molecule has 7 nitrogen and oxygen atoms in total. The van der Waals surface area contributed by atoms with Gasteiger partial charge in [0.15, 0.2) is 12.4 Å². The molecule has 17 heavy (non-hydrogen) atoms. The molecule has 100 valence electrons. The largest absolute Gasteiger partial charge is 0.438 e. The second-order valence-corrected chi connectivity index (χ2v) is 4.37. The molecule has 4 unspecified atom stereocenters.